The summed E-state index contributed by atoms with van der Waals surface area (Å²) in [6.07, 6.45) is 5.40. The molecule has 2 bridgehead atoms. The molecule has 33 heavy (non-hydrogen) atoms. The van der Waals surface area contributed by atoms with Gasteiger partial charge >= 0.3 is 0 Å². The van der Waals surface area contributed by atoms with Crippen LogP contribution in [0.1, 0.15) is 44.4 Å². The van der Waals surface area contributed by atoms with Crippen molar-refractivity contribution in [2.24, 2.45) is 5.92 Å². The molecule has 2 aromatic heterocycles. The van der Waals surface area contributed by atoms with Gasteiger partial charge in [0.1, 0.15) is 11.4 Å². The number of fused-ring (bicyclic) bond motifs is 4. The first kappa shape index (κ1) is 20.6. The Balaban J connectivity index is 1.36. The monoisotopic (exact) mass is 440 g/mol. The molecule has 1 fully saturated rings. The van der Waals surface area contributed by atoms with Crippen LogP contribution in [0.25, 0.3) is 0 Å². The summed E-state index contributed by atoms with van der Waals surface area (Å²) < 4.78 is 1.72. The summed E-state index contributed by atoms with van der Waals surface area (Å²) in [7, 11) is 0. The normalized spacial score (nSPS) is 18.7. The molecular formula is C24H20N6O3. The van der Waals surface area contributed by atoms with Crippen LogP contribution in [0.15, 0.2) is 59.8 Å². The highest BCUT2D eigenvalue weighted by atomic mass is 16.2. The summed E-state index contributed by atoms with van der Waals surface area (Å²) in [5, 5.41) is 11.6. The molecule has 9 heteroatoms. The van der Waals surface area contributed by atoms with Crippen LogP contribution >= 0.6 is 0 Å². The maximum absolute atomic E-state index is 13.2. The van der Waals surface area contributed by atoms with Crippen molar-refractivity contribution < 1.29 is 9.59 Å². The van der Waals surface area contributed by atoms with E-state index in [0.717, 1.165) is 12.1 Å². The van der Waals surface area contributed by atoms with Crippen molar-refractivity contribution in [1.29, 1.82) is 5.26 Å². The van der Waals surface area contributed by atoms with E-state index >= 15 is 0 Å². The fraction of sp³-hybridized carbons (Fsp3) is 0.250. The number of nitrogens with one attached hydrogen (secondary N) is 1. The summed E-state index contributed by atoms with van der Waals surface area (Å²) in [6, 6.07) is 11.7. The van der Waals surface area contributed by atoms with E-state index in [1.807, 2.05) is 12.1 Å². The number of piperidine rings is 1. The Labute approximate surface area is 189 Å². The summed E-state index contributed by atoms with van der Waals surface area (Å²) in [4.78, 5) is 48.5. The van der Waals surface area contributed by atoms with Crippen LogP contribution < -0.4 is 10.9 Å². The Bertz CT molecular complexity index is 1330. The third-order valence-electron chi connectivity index (χ3n) is 6.20. The van der Waals surface area contributed by atoms with Gasteiger partial charge in [-0.25, -0.2) is 4.98 Å². The topological polar surface area (TPSA) is 121 Å². The zero-order chi connectivity index (χ0) is 22.9. The summed E-state index contributed by atoms with van der Waals surface area (Å²) >= 11 is 0. The number of pyridine rings is 1. The fourth-order valence-corrected chi connectivity index (χ4v) is 4.67. The van der Waals surface area contributed by atoms with Crippen molar-refractivity contribution >= 4 is 17.5 Å². The van der Waals surface area contributed by atoms with Crippen LogP contribution in [0.3, 0.4) is 0 Å². The number of hydrogen-bond acceptors (Lipinski definition) is 6. The number of nitriles is 1. The molecule has 2 amide bonds. The molecule has 2 aliphatic rings. The second-order valence-electron chi connectivity index (χ2n) is 8.33. The predicted octanol–water partition coefficient (Wildman–Crippen LogP) is 2.02. The third kappa shape index (κ3) is 3.87. The molecule has 3 aromatic rings. The van der Waals surface area contributed by atoms with E-state index in [9.17, 15) is 14.4 Å². The molecule has 0 unspecified atom stereocenters. The molecule has 0 spiro atoms. The van der Waals surface area contributed by atoms with E-state index in [0.29, 0.717) is 36.5 Å². The van der Waals surface area contributed by atoms with E-state index < -0.39 is 5.91 Å². The first-order valence-corrected chi connectivity index (χ1v) is 10.6. The number of likely N-dealkylation sites (tertiary alicyclic amines) is 1. The Kier molecular flexibility index (Phi) is 5.18. The van der Waals surface area contributed by atoms with Crippen LogP contribution in [0.4, 0.5) is 5.69 Å². The molecule has 0 radical (unpaired) electrons. The Morgan fingerprint density at radius 2 is 1.88 bits per heavy atom. The maximum Gasteiger partial charge on any atom is 0.274 e. The lowest BCUT2D eigenvalue weighted by Gasteiger charge is -2.42. The molecule has 1 saturated heterocycles. The molecule has 2 aliphatic heterocycles. The predicted molar refractivity (Wildman–Crippen MR) is 119 cm³/mol. The van der Waals surface area contributed by atoms with Crippen molar-refractivity contribution in [2.45, 2.75) is 18.9 Å². The molecule has 164 valence electrons. The second kappa shape index (κ2) is 8.31. The third-order valence-corrected chi connectivity index (χ3v) is 6.20. The minimum atomic E-state index is -0.408. The van der Waals surface area contributed by atoms with Gasteiger partial charge in [-0.15, -0.1) is 0 Å². The Hall–Kier alpha value is -4.32. The van der Waals surface area contributed by atoms with Gasteiger partial charge in [0.15, 0.2) is 0 Å². The molecule has 9 nitrogen and oxygen atoms in total. The SMILES string of the molecule is N#Cc1ccc(C(=O)Nc2ccc3n(c2=O)C[C@H]2C[C@@H]3CN(C(=O)c3cnccn3)C2)cc1. The number of nitrogens with zero attached hydrogens (tertiary/aromatic N) is 5. The second-order valence-corrected chi connectivity index (χ2v) is 8.33. The van der Waals surface area contributed by atoms with Crippen molar-refractivity contribution in [3.05, 3.63) is 87.9 Å². The summed E-state index contributed by atoms with van der Waals surface area (Å²) in [5.74, 6) is -0.387. The van der Waals surface area contributed by atoms with Gasteiger partial charge in [-0.3, -0.25) is 19.4 Å². The van der Waals surface area contributed by atoms with E-state index in [1.54, 1.807) is 39.8 Å². The first-order valence-electron chi connectivity index (χ1n) is 10.6. The minimum absolute atomic E-state index is 0.0362. The van der Waals surface area contributed by atoms with E-state index in [1.165, 1.54) is 18.6 Å². The zero-order valence-corrected chi connectivity index (χ0v) is 17.6. The smallest absolute Gasteiger partial charge is 0.274 e. The standard InChI is InChI=1S/C24H20N6O3/c25-10-15-1-3-17(4-2-15)22(31)28-19-5-6-21-18-9-16(13-30(21)24(19)33)12-29(14-18)23(32)20-11-26-7-8-27-20/h1-8,11,16,18H,9,12-14H2,(H,28,31)/t16-,18+/m0/s1. The number of aromatic nitrogens is 3. The highest BCUT2D eigenvalue weighted by molar-refractivity contribution is 6.04. The summed E-state index contributed by atoms with van der Waals surface area (Å²) in [6.45, 7) is 1.53. The van der Waals surface area contributed by atoms with E-state index in [-0.39, 0.29) is 29.0 Å². The quantitative estimate of drug-likeness (QED) is 0.665. The zero-order valence-electron chi connectivity index (χ0n) is 17.6. The molecule has 1 aromatic carbocycles. The van der Waals surface area contributed by atoms with Gasteiger partial charge in [-0.1, -0.05) is 0 Å². The van der Waals surface area contributed by atoms with Crippen molar-refractivity contribution in [2.75, 3.05) is 18.4 Å². The number of amides is 2. The largest absolute Gasteiger partial charge is 0.336 e. The van der Waals surface area contributed by atoms with E-state index in [2.05, 4.69) is 15.3 Å². The molecule has 5 rings (SSSR count). The number of hydrogen-bond donors (Lipinski definition) is 1. The molecule has 4 heterocycles. The van der Waals surface area contributed by atoms with Crippen molar-refractivity contribution in [1.82, 2.24) is 19.4 Å². The molecule has 0 aliphatic carbocycles. The van der Waals surface area contributed by atoms with Crippen molar-refractivity contribution in [3.8, 4) is 6.07 Å². The highest BCUT2D eigenvalue weighted by Gasteiger charge is 2.37. The number of carbonyl (C=O) groups excluding carboxylic acids is 2. The van der Waals surface area contributed by atoms with Gasteiger partial charge in [0.2, 0.25) is 0 Å². The van der Waals surface area contributed by atoms with Gasteiger partial charge < -0.3 is 14.8 Å². The maximum atomic E-state index is 13.2. The number of carbonyl (C=O) groups is 2. The number of rotatable bonds is 3. The molecule has 2 atom stereocenters. The molecular weight excluding hydrogens is 420 g/mol. The Morgan fingerprint density at radius 3 is 2.61 bits per heavy atom. The number of benzene rings is 1. The number of anilines is 1. The molecule has 1 N–H and O–H groups in total. The fourth-order valence-electron chi connectivity index (χ4n) is 4.67. The van der Waals surface area contributed by atoms with Gasteiger partial charge in [0, 0.05) is 49.2 Å². The molecule has 0 saturated carbocycles. The first-order chi connectivity index (χ1) is 16.0. The van der Waals surface area contributed by atoms with Crippen molar-refractivity contribution in [3.63, 3.8) is 0 Å². The Morgan fingerprint density at radius 1 is 1.06 bits per heavy atom. The van der Waals surface area contributed by atoms with Gasteiger partial charge in [0.05, 0.1) is 17.8 Å². The average molecular weight is 440 g/mol. The van der Waals surface area contributed by atoms with Gasteiger partial charge in [-0.05, 0) is 48.7 Å². The van der Waals surface area contributed by atoms with Gasteiger partial charge in [-0.2, -0.15) is 5.26 Å². The average Bonchev–Trinajstić information content (AvgIpc) is 2.86. The lowest BCUT2D eigenvalue weighted by atomic mass is 9.83. The van der Waals surface area contributed by atoms with Crippen LogP contribution in [0.2, 0.25) is 0 Å². The minimum Gasteiger partial charge on any atom is -0.336 e. The van der Waals surface area contributed by atoms with E-state index in [4.69, 9.17) is 5.26 Å². The van der Waals surface area contributed by atoms with Crippen LogP contribution in [-0.4, -0.2) is 44.3 Å². The lowest BCUT2D eigenvalue weighted by molar-refractivity contribution is 0.0588. The lowest BCUT2D eigenvalue weighted by Crippen LogP contribution is -2.49. The van der Waals surface area contributed by atoms with Crippen LogP contribution in [0, 0.1) is 17.2 Å². The highest BCUT2D eigenvalue weighted by Crippen LogP contribution is 2.35. The van der Waals surface area contributed by atoms with Crippen LogP contribution in [-0.2, 0) is 6.54 Å². The van der Waals surface area contributed by atoms with Gasteiger partial charge in [0.25, 0.3) is 17.4 Å². The van der Waals surface area contributed by atoms with Crippen LogP contribution in [0.5, 0.6) is 0 Å². The summed E-state index contributed by atoms with van der Waals surface area (Å²) in [5.41, 5.74) is 1.96.